The van der Waals surface area contributed by atoms with Gasteiger partial charge in [-0.2, -0.15) is 5.10 Å². The van der Waals surface area contributed by atoms with Crippen molar-refractivity contribution in [2.24, 2.45) is 0 Å². The predicted molar refractivity (Wildman–Crippen MR) is 119 cm³/mol. The molecule has 0 saturated heterocycles. The summed E-state index contributed by atoms with van der Waals surface area (Å²) in [5, 5.41) is 11.3. The Hall–Kier alpha value is -3.42. The van der Waals surface area contributed by atoms with Crippen molar-refractivity contribution in [2.45, 2.75) is 6.54 Å². The molecule has 3 N–H and O–H groups in total. The first-order valence-corrected chi connectivity index (χ1v) is 10.1. The molecule has 0 unspecified atom stereocenters. The Morgan fingerprint density at radius 3 is 2.74 bits per heavy atom. The van der Waals surface area contributed by atoms with E-state index in [1.54, 1.807) is 18.2 Å². The van der Waals surface area contributed by atoms with Crippen molar-refractivity contribution < 1.29 is 9.18 Å². The average molecular weight is 454 g/mol. The molecule has 0 bridgehead atoms. The molecule has 0 aliphatic heterocycles. The Kier molecular flexibility index (Phi) is 4.84. The molecule has 0 radical (unpaired) electrons. The topological polar surface area (TPSA) is 86.5 Å². The molecule has 0 spiro atoms. The Balaban J connectivity index is 1.40. The van der Waals surface area contributed by atoms with E-state index in [1.165, 1.54) is 6.07 Å². The highest BCUT2D eigenvalue weighted by Crippen LogP contribution is 2.27. The van der Waals surface area contributed by atoms with Crippen molar-refractivity contribution in [1.82, 2.24) is 25.5 Å². The van der Waals surface area contributed by atoms with Crippen molar-refractivity contribution in [3.63, 3.8) is 0 Å². The van der Waals surface area contributed by atoms with Gasteiger partial charge in [-0.3, -0.25) is 9.89 Å². The summed E-state index contributed by atoms with van der Waals surface area (Å²) in [5.41, 5.74) is 3.56. The van der Waals surface area contributed by atoms with Crippen LogP contribution in [0.25, 0.3) is 33.5 Å². The fraction of sp³-hybridized carbons (Fsp3) is 0.0455. The minimum absolute atomic E-state index is 0.0657. The molecule has 154 valence electrons. The number of H-pyrrole nitrogens is 2. The number of nitrogens with zero attached hydrogens (tertiary/aromatic N) is 2. The normalized spacial score (nSPS) is 11.3. The third-order valence-corrected chi connectivity index (χ3v) is 5.53. The van der Waals surface area contributed by atoms with E-state index in [9.17, 15) is 9.18 Å². The van der Waals surface area contributed by atoms with Gasteiger partial charge in [0.2, 0.25) is 0 Å². The van der Waals surface area contributed by atoms with E-state index in [2.05, 4.69) is 25.5 Å². The van der Waals surface area contributed by atoms with Crippen LogP contribution in [-0.4, -0.2) is 26.1 Å². The lowest BCUT2D eigenvalue weighted by atomic mass is 10.1. The number of hydrogen-bond acceptors (Lipinski definition) is 3. The summed E-state index contributed by atoms with van der Waals surface area (Å²) in [6, 6.07) is 15.5. The predicted octanol–water partition coefficient (Wildman–Crippen LogP) is 5.48. The number of para-hydroxylation sites is 1. The maximum atomic E-state index is 14.1. The summed E-state index contributed by atoms with van der Waals surface area (Å²) in [4.78, 5) is 20.4. The highest BCUT2D eigenvalue weighted by molar-refractivity contribution is 6.35. The van der Waals surface area contributed by atoms with Gasteiger partial charge >= 0.3 is 0 Å². The standard InChI is InChI=1S/C22H14Cl2FN5O/c23-12-8-15(24)14(16(25)9-12)10-26-22(31)11-5-6-18-19(7-11)28-21(27-18)20-13-3-1-2-4-17(13)29-30-20/h1-9H,10H2,(H,26,31)(H,27,28)(H,29,30). The molecule has 0 atom stereocenters. The third-order valence-electron chi connectivity index (χ3n) is 4.97. The molecular weight excluding hydrogens is 440 g/mol. The number of amides is 1. The molecule has 0 aliphatic carbocycles. The lowest BCUT2D eigenvalue weighted by Crippen LogP contribution is -2.23. The van der Waals surface area contributed by atoms with Gasteiger partial charge in [0, 0.05) is 33.1 Å². The quantitative estimate of drug-likeness (QED) is 0.336. The molecule has 2 aromatic heterocycles. The van der Waals surface area contributed by atoms with E-state index in [4.69, 9.17) is 23.2 Å². The van der Waals surface area contributed by atoms with Gasteiger partial charge < -0.3 is 10.3 Å². The molecule has 2 heterocycles. The lowest BCUT2D eigenvalue weighted by molar-refractivity contribution is 0.0950. The largest absolute Gasteiger partial charge is 0.348 e. The van der Waals surface area contributed by atoms with E-state index in [-0.39, 0.29) is 28.1 Å². The summed E-state index contributed by atoms with van der Waals surface area (Å²) >= 11 is 11.8. The average Bonchev–Trinajstić information content (AvgIpc) is 3.36. The molecule has 5 aromatic rings. The van der Waals surface area contributed by atoms with E-state index >= 15 is 0 Å². The number of rotatable bonds is 4. The Bertz CT molecular complexity index is 1440. The van der Waals surface area contributed by atoms with Crippen LogP contribution in [-0.2, 0) is 6.54 Å². The maximum absolute atomic E-state index is 14.1. The van der Waals surface area contributed by atoms with Crippen LogP contribution in [0.15, 0.2) is 54.6 Å². The highest BCUT2D eigenvalue weighted by Gasteiger charge is 2.15. The minimum Gasteiger partial charge on any atom is -0.348 e. The first-order chi connectivity index (χ1) is 15.0. The number of aromatic amines is 2. The molecule has 0 aliphatic rings. The van der Waals surface area contributed by atoms with Gasteiger partial charge in [0.05, 0.1) is 16.6 Å². The van der Waals surface area contributed by atoms with Gasteiger partial charge in [-0.15, -0.1) is 0 Å². The number of benzene rings is 3. The van der Waals surface area contributed by atoms with Gasteiger partial charge in [0.15, 0.2) is 5.82 Å². The number of carbonyl (C=O) groups is 1. The second kappa shape index (κ2) is 7.68. The third kappa shape index (κ3) is 3.62. The second-order valence-electron chi connectivity index (χ2n) is 6.97. The fourth-order valence-electron chi connectivity index (χ4n) is 3.41. The monoisotopic (exact) mass is 453 g/mol. The van der Waals surface area contributed by atoms with Gasteiger partial charge in [0.1, 0.15) is 11.5 Å². The number of imidazole rings is 1. The number of nitrogens with one attached hydrogen (secondary N) is 3. The first-order valence-electron chi connectivity index (χ1n) is 9.34. The molecule has 1 amide bonds. The Morgan fingerprint density at radius 1 is 1.06 bits per heavy atom. The smallest absolute Gasteiger partial charge is 0.251 e. The summed E-state index contributed by atoms with van der Waals surface area (Å²) < 4.78 is 14.1. The minimum atomic E-state index is -0.573. The highest BCUT2D eigenvalue weighted by atomic mass is 35.5. The lowest BCUT2D eigenvalue weighted by Gasteiger charge is -2.09. The van der Waals surface area contributed by atoms with Crippen molar-refractivity contribution >= 4 is 51.0 Å². The number of halogens is 3. The SMILES string of the molecule is O=C(NCc1c(F)cc(Cl)cc1Cl)c1ccc2[nH]c(-c3n[nH]c4ccccc34)nc2c1. The number of aromatic nitrogens is 4. The fourth-order valence-corrected chi connectivity index (χ4v) is 3.95. The van der Waals surface area contributed by atoms with Gasteiger partial charge in [-0.1, -0.05) is 41.4 Å². The van der Waals surface area contributed by atoms with Crippen LogP contribution >= 0.6 is 23.2 Å². The molecule has 3 aromatic carbocycles. The zero-order valence-corrected chi connectivity index (χ0v) is 17.4. The van der Waals surface area contributed by atoms with Gasteiger partial charge in [-0.05, 0) is 36.4 Å². The van der Waals surface area contributed by atoms with Gasteiger partial charge in [0.25, 0.3) is 5.91 Å². The van der Waals surface area contributed by atoms with Crippen molar-refractivity contribution in [3.05, 3.63) is 81.6 Å². The van der Waals surface area contributed by atoms with E-state index in [1.807, 2.05) is 24.3 Å². The molecule has 5 rings (SSSR count). The van der Waals surface area contributed by atoms with E-state index < -0.39 is 5.82 Å². The van der Waals surface area contributed by atoms with Crippen LogP contribution in [0.1, 0.15) is 15.9 Å². The molecule has 0 saturated carbocycles. The second-order valence-corrected chi connectivity index (χ2v) is 7.81. The van der Waals surface area contributed by atoms with Crippen molar-refractivity contribution in [2.75, 3.05) is 0 Å². The van der Waals surface area contributed by atoms with Crippen molar-refractivity contribution in [3.8, 4) is 11.5 Å². The molecule has 9 heteroatoms. The summed E-state index contributed by atoms with van der Waals surface area (Å²) in [6.07, 6.45) is 0. The summed E-state index contributed by atoms with van der Waals surface area (Å²) in [6.45, 7) is -0.0657. The first kappa shape index (κ1) is 19.5. The van der Waals surface area contributed by atoms with Crippen molar-refractivity contribution in [1.29, 1.82) is 0 Å². The van der Waals surface area contributed by atoms with E-state index in [0.717, 1.165) is 22.5 Å². The molecular formula is C22H14Cl2FN5O. The Morgan fingerprint density at radius 2 is 1.90 bits per heavy atom. The van der Waals surface area contributed by atoms with Crippen LogP contribution in [0.4, 0.5) is 4.39 Å². The number of carbonyl (C=O) groups excluding carboxylic acids is 1. The van der Waals surface area contributed by atoms with Gasteiger partial charge in [-0.25, -0.2) is 9.37 Å². The van der Waals surface area contributed by atoms with Crippen LogP contribution < -0.4 is 5.32 Å². The van der Waals surface area contributed by atoms with Crippen LogP contribution in [0.2, 0.25) is 10.0 Å². The number of hydrogen-bond donors (Lipinski definition) is 3. The van der Waals surface area contributed by atoms with Crippen LogP contribution in [0, 0.1) is 5.82 Å². The molecule has 6 nitrogen and oxygen atoms in total. The summed E-state index contributed by atoms with van der Waals surface area (Å²) in [7, 11) is 0. The van der Waals surface area contributed by atoms with Crippen LogP contribution in [0.5, 0.6) is 0 Å². The maximum Gasteiger partial charge on any atom is 0.251 e. The van der Waals surface area contributed by atoms with E-state index in [0.29, 0.717) is 22.6 Å². The Labute approximate surface area is 185 Å². The zero-order chi connectivity index (χ0) is 21.5. The summed E-state index contributed by atoms with van der Waals surface area (Å²) in [5.74, 6) is -0.349. The zero-order valence-electron chi connectivity index (χ0n) is 15.8. The van der Waals surface area contributed by atoms with Crippen LogP contribution in [0.3, 0.4) is 0 Å². The number of fused-ring (bicyclic) bond motifs is 2. The molecule has 0 fully saturated rings. The molecule has 31 heavy (non-hydrogen) atoms.